The molecule has 2 rings (SSSR count). The molecule has 0 amide bonds. The van der Waals surface area contributed by atoms with Gasteiger partial charge < -0.3 is 10.8 Å². The van der Waals surface area contributed by atoms with Gasteiger partial charge >= 0.3 is 5.97 Å². The Labute approximate surface area is 116 Å². The minimum Gasteiger partial charge on any atom is -0.477 e. The van der Waals surface area contributed by atoms with Crippen LogP contribution in [-0.4, -0.2) is 21.0 Å². The van der Waals surface area contributed by atoms with Crippen LogP contribution in [0.3, 0.4) is 0 Å². The maximum absolute atomic E-state index is 13.3. The van der Waals surface area contributed by atoms with Crippen LogP contribution >= 0.6 is 15.9 Å². The number of benzene rings is 1. The molecule has 0 aliphatic rings. The highest BCUT2D eigenvalue weighted by Gasteiger charge is 2.16. The van der Waals surface area contributed by atoms with Gasteiger partial charge in [-0.1, -0.05) is 15.9 Å². The van der Waals surface area contributed by atoms with Crippen LogP contribution in [0.25, 0.3) is 11.4 Å². The Bertz CT molecular complexity index is 633. The van der Waals surface area contributed by atoms with E-state index in [0.29, 0.717) is 10.0 Å². The Morgan fingerprint density at radius 2 is 2.05 bits per heavy atom. The fourth-order valence-corrected chi connectivity index (χ4v) is 2.14. The van der Waals surface area contributed by atoms with Gasteiger partial charge in [0.15, 0.2) is 5.82 Å². The lowest BCUT2D eigenvalue weighted by Gasteiger charge is -2.07. The maximum Gasteiger partial charge on any atom is 0.341 e. The van der Waals surface area contributed by atoms with Crippen molar-refractivity contribution in [2.24, 2.45) is 0 Å². The third kappa shape index (κ3) is 2.70. The first-order valence-electron chi connectivity index (χ1n) is 5.22. The van der Waals surface area contributed by atoms with Crippen molar-refractivity contribution < 1.29 is 14.3 Å². The molecule has 0 saturated carbocycles. The number of carbonyl (C=O) groups is 1. The number of carboxylic acids is 1. The number of nitrogens with zero attached hydrogens (tertiary/aromatic N) is 2. The lowest BCUT2D eigenvalue weighted by molar-refractivity contribution is 0.0696. The minimum absolute atomic E-state index is 0.140. The maximum atomic E-state index is 13.3. The summed E-state index contributed by atoms with van der Waals surface area (Å²) in [6, 6.07) is 4.17. The number of hydrogen-bond acceptors (Lipinski definition) is 4. The molecule has 0 bridgehead atoms. The van der Waals surface area contributed by atoms with Crippen LogP contribution in [0.4, 0.5) is 10.2 Å². The van der Waals surface area contributed by atoms with Crippen molar-refractivity contribution >= 4 is 27.7 Å². The first-order chi connectivity index (χ1) is 8.88. The van der Waals surface area contributed by atoms with E-state index in [9.17, 15) is 9.18 Å². The standard InChI is InChI=1S/C12H9BrFN3O2/c1-5-9(12(18)19)10(15)17-11(16-5)6-2-7(13)4-8(14)3-6/h2-4H,1H3,(H,18,19)(H2,15,16,17). The molecular weight excluding hydrogens is 317 g/mol. The molecule has 0 aliphatic carbocycles. The summed E-state index contributed by atoms with van der Waals surface area (Å²) in [6.45, 7) is 1.51. The van der Waals surface area contributed by atoms with Crippen LogP contribution < -0.4 is 5.73 Å². The number of anilines is 1. The molecular formula is C12H9BrFN3O2. The highest BCUT2D eigenvalue weighted by Crippen LogP contribution is 2.24. The average Bonchev–Trinajstić information content (AvgIpc) is 2.25. The van der Waals surface area contributed by atoms with Gasteiger partial charge in [-0.2, -0.15) is 0 Å². The number of halogens is 2. The average molecular weight is 326 g/mol. The molecule has 98 valence electrons. The second-order valence-corrected chi connectivity index (χ2v) is 4.77. The van der Waals surface area contributed by atoms with Crippen molar-refractivity contribution in [1.82, 2.24) is 9.97 Å². The quantitative estimate of drug-likeness (QED) is 0.885. The van der Waals surface area contributed by atoms with Gasteiger partial charge in [0.05, 0.1) is 5.69 Å². The first kappa shape index (κ1) is 13.4. The monoisotopic (exact) mass is 325 g/mol. The predicted molar refractivity (Wildman–Crippen MR) is 71.2 cm³/mol. The smallest absolute Gasteiger partial charge is 0.341 e. The van der Waals surface area contributed by atoms with Crippen molar-refractivity contribution in [3.8, 4) is 11.4 Å². The third-order valence-electron chi connectivity index (χ3n) is 2.45. The lowest BCUT2D eigenvalue weighted by atomic mass is 10.1. The van der Waals surface area contributed by atoms with E-state index in [4.69, 9.17) is 10.8 Å². The Kier molecular flexibility index (Phi) is 3.48. The Morgan fingerprint density at radius 1 is 1.37 bits per heavy atom. The number of nitrogen functional groups attached to an aromatic ring is 1. The summed E-state index contributed by atoms with van der Waals surface area (Å²) < 4.78 is 13.8. The van der Waals surface area contributed by atoms with E-state index in [0.717, 1.165) is 0 Å². The van der Waals surface area contributed by atoms with Crippen LogP contribution in [0, 0.1) is 12.7 Å². The molecule has 0 spiro atoms. The summed E-state index contributed by atoms with van der Waals surface area (Å²) in [6.07, 6.45) is 0. The topological polar surface area (TPSA) is 89.1 Å². The van der Waals surface area contributed by atoms with Gasteiger partial charge in [0.2, 0.25) is 0 Å². The molecule has 3 N–H and O–H groups in total. The molecule has 1 aromatic carbocycles. The number of aromatic nitrogens is 2. The molecule has 5 nitrogen and oxygen atoms in total. The van der Waals surface area contributed by atoms with Crippen LogP contribution in [0.15, 0.2) is 22.7 Å². The van der Waals surface area contributed by atoms with E-state index < -0.39 is 11.8 Å². The summed E-state index contributed by atoms with van der Waals surface area (Å²) in [5, 5.41) is 8.97. The zero-order valence-electron chi connectivity index (χ0n) is 9.82. The van der Waals surface area contributed by atoms with E-state index in [1.807, 2.05) is 0 Å². The fourth-order valence-electron chi connectivity index (χ4n) is 1.67. The summed E-state index contributed by atoms with van der Waals surface area (Å²) in [5.41, 5.74) is 6.11. The zero-order valence-corrected chi connectivity index (χ0v) is 11.4. The van der Waals surface area contributed by atoms with E-state index in [1.54, 1.807) is 6.07 Å². The van der Waals surface area contributed by atoms with Gasteiger partial charge in [-0.3, -0.25) is 0 Å². The van der Waals surface area contributed by atoms with Crippen LogP contribution in [-0.2, 0) is 0 Å². The molecule has 0 atom stereocenters. The SMILES string of the molecule is Cc1nc(-c2cc(F)cc(Br)c2)nc(N)c1C(=O)O. The Balaban J connectivity index is 2.61. The normalized spacial score (nSPS) is 10.5. The predicted octanol–water partition coefficient (Wildman–Crippen LogP) is 2.63. The molecule has 1 aromatic heterocycles. The number of carboxylic acid groups (broad SMARTS) is 1. The van der Waals surface area contributed by atoms with Crippen LogP contribution in [0.5, 0.6) is 0 Å². The van der Waals surface area contributed by atoms with E-state index in [2.05, 4.69) is 25.9 Å². The Morgan fingerprint density at radius 3 is 2.58 bits per heavy atom. The number of aromatic carboxylic acids is 1. The van der Waals surface area contributed by atoms with E-state index in [-0.39, 0.29) is 22.9 Å². The second-order valence-electron chi connectivity index (χ2n) is 3.86. The molecule has 0 saturated heterocycles. The van der Waals surface area contributed by atoms with E-state index >= 15 is 0 Å². The number of rotatable bonds is 2. The van der Waals surface area contributed by atoms with Crippen molar-refractivity contribution in [3.63, 3.8) is 0 Å². The largest absolute Gasteiger partial charge is 0.477 e. The lowest BCUT2D eigenvalue weighted by Crippen LogP contribution is -2.10. The molecule has 1 heterocycles. The third-order valence-corrected chi connectivity index (χ3v) is 2.91. The van der Waals surface area contributed by atoms with Gasteiger partial charge in [-0.05, 0) is 25.1 Å². The van der Waals surface area contributed by atoms with Crippen LogP contribution in [0.2, 0.25) is 0 Å². The second kappa shape index (κ2) is 4.93. The van der Waals surface area contributed by atoms with Gasteiger partial charge in [-0.25, -0.2) is 19.2 Å². The molecule has 19 heavy (non-hydrogen) atoms. The van der Waals surface area contributed by atoms with Gasteiger partial charge in [-0.15, -0.1) is 0 Å². The highest BCUT2D eigenvalue weighted by molar-refractivity contribution is 9.10. The van der Waals surface area contributed by atoms with Gasteiger partial charge in [0.1, 0.15) is 17.2 Å². The molecule has 7 heteroatoms. The molecule has 0 fully saturated rings. The van der Waals surface area contributed by atoms with Gasteiger partial charge in [0.25, 0.3) is 0 Å². The zero-order chi connectivity index (χ0) is 14.2. The summed E-state index contributed by atoms with van der Waals surface area (Å²) in [4.78, 5) is 18.9. The van der Waals surface area contributed by atoms with Crippen molar-refractivity contribution in [1.29, 1.82) is 0 Å². The van der Waals surface area contributed by atoms with Gasteiger partial charge in [0, 0.05) is 10.0 Å². The first-order valence-corrected chi connectivity index (χ1v) is 6.01. The van der Waals surface area contributed by atoms with Crippen molar-refractivity contribution in [2.45, 2.75) is 6.92 Å². The number of nitrogens with two attached hydrogens (primary N) is 1. The summed E-state index contributed by atoms with van der Waals surface area (Å²) in [5.74, 6) is -1.61. The molecule has 0 aliphatic heterocycles. The van der Waals surface area contributed by atoms with Crippen molar-refractivity contribution in [3.05, 3.63) is 39.7 Å². The molecule has 0 radical (unpaired) electrons. The molecule has 2 aromatic rings. The number of aryl methyl sites for hydroxylation is 1. The molecule has 0 unspecified atom stereocenters. The minimum atomic E-state index is -1.19. The van der Waals surface area contributed by atoms with Crippen molar-refractivity contribution in [2.75, 3.05) is 5.73 Å². The summed E-state index contributed by atoms with van der Waals surface area (Å²) >= 11 is 3.16. The fraction of sp³-hybridized carbons (Fsp3) is 0.0833. The number of hydrogen-bond donors (Lipinski definition) is 2. The highest BCUT2D eigenvalue weighted by atomic mass is 79.9. The summed E-state index contributed by atoms with van der Waals surface area (Å²) in [7, 11) is 0. The Hall–Kier alpha value is -2.02. The van der Waals surface area contributed by atoms with Crippen LogP contribution in [0.1, 0.15) is 16.1 Å². The van der Waals surface area contributed by atoms with E-state index in [1.165, 1.54) is 19.1 Å².